The van der Waals surface area contributed by atoms with E-state index in [0.29, 0.717) is 26.1 Å². The first-order valence-corrected chi connectivity index (χ1v) is 5.75. The summed E-state index contributed by atoms with van der Waals surface area (Å²) < 4.78 is 5.35. The summed E-state index contributed by atoms with van der Waals surface area (Å²) >= 11 is 0. The molecule has 0 saturated carbocycles. The van der Waals surface area contributed by atoms with Gasteiger partial charge in [0, 0.05) is 19.6 Å². The molecular weight excluding hydrogens is 192 g/mol. The van der Waals surface area contributed by atoms with Crippen LogP contribution in [-0.2, 0) is 9.53 Å². The van der Waals surface area contributed by atoms with E-state index < -0.39 is 0 Å². The van der Waals surface area contributed by atoms with Gasteiger partial charge < -0.3 is 15.8 Å². The molecule has 4 heteroatoms. The first kappa shape index (κ1) is 14.4. The number of carbonyl (C=O) groups is 1. The molecule has 4 nitrogen and oxygen atoms in total. The van der Waals surface area contributed by atoms with Crippen LogP contribution in [0.15, 0.2) is 0 Å². The van der Waals surface area contributed by atoms with E-state index in [0.717, 1.165) is 19.3 Å². The summed E-state index contributed by atoms with van der Waals surface area (Å²) in [5.74, 6) is 0.119. The molecule has 0 spiro atoms. The maximum Gasteiger partial charge on any atom is 0.219 e. The minimum absolute atomic E-state index is 0.119. The smallest absolute Gasteiger partial charge is 0.219 e. The molecule has 0 heterocycles. The second-order valence-corrected chi connectivity index (χ2v) is 3.87. The fourth-order valence-electron chi connectivity index (χ4n) is 1.14. The highest BCUT2D eigenvalue weighted by Gasteiger charge is 1.99. The van der Waals surface area contributed by atoms with Crippen LogP contribution >= 0.6 is 0 Å². The quantitative estimate of drug-likeness (QED) is 0.566. The van der Waals surface area contributed by atoms with Crippen LogP contribution in [0.5, 0.6) is 0 Å². The van der Waals surface area contributed by atoms with Gasteiger partial charge in [0.05, 0.1) is 6.10 Å². The molecule has 15 heavy (non-hydrogen) atoms. The van der Waals surface area contributed by atoms with Gasteiger partial charge in [-0.1, -0.05) is 0 Å². The molecular formula is C11H24N2O2. The molecule has 0 aliphatic carbocycles. The van der Waals surface area contributed by atoms with Crippen LogP contribution in [0.25, 0.3) is 0 Å². The van der Waals surface area contributed by atoms with Crippen molar-refractivity contribution in [3.63, 3.8) is 0 Å². The third kappa shape index (κ3) is 11.3. The molecule has 3 N–H and O–H groups in total. The highest BCUT2D eigenvalue weighted by Crippen LogP contribution is 1.93. The average molecular weight is 216 g/mol. The first-order chi connectivity index (χ1) is 7.16. The van der Waals surface area contributed by atoms with Gasteiger partial charge >= 0.3 is 0 Å². The number of rotatable bonds is 9. The van der Waals surface area contributed by atoms with Crippen molar-refractivity contribution in [2.24, 2.45) is 5.73 Å². The average Bonchev–Trinajstić information content (AvgIpc) is 2.17. The highest BCUT2D eigenvalue weighted by atomic mass is 16.5. The van der Waals surface area contributed by atoms with Gasteiger partial charge in [-0.2, -0.15) is 0 Å². The summed E-state index contributed by atoms with van der Waals surface area (Å²) in [4.78, 5) is 11.2. The Morgan fingerprint density at radius 2 is 2.07 bits per heavy atom. The number of hydrogen-bond donors (Lipinski definition) is 2. The topological polar surface area (TPSA) is 64.3 Å². The van der Waals surface area contributed by atoms with Gasteiger partial charge in [0.25, 0.3) is 0 Å². The summed E-state index contributed by atoms with van der Waals surface area (Å²) in [5, 5.41) is 2.86. The van der Waals surface area contributed by atoms with Crippen molar-refractivity contribution in [1.82, 2.24) is 5.32 Å². The Morgan fingerprint density at radius 1 is 1.33 bits per heavy atom. The zero-order valence-corrected chi connectivity index (χ0v) is 9.92. The molecule has 0 saturated heterocycles. The molecule has 0 rings (SSSR count). The van der Waals surface area contributed by atoms with E-state index in [2.05, 4.69) is 5.32 Å². The predicted octanol–water partition coefficient (Wildman–Crippen LogP) is 1.05. The summed E-state index contributed by atoms with van der Waals surface area (Å²) in [6, 6.07) is 0. The first-order valence-electron chi connectivity index (χ1n) is 5.75. The Labute approximate surface area is 92.6 Å². The van der Waals surface area contributed by atoms with Gasteiger partial charge in [0.1, 0.15) is 0 Å². The highest BCUT2D eigenvalue weighted by molar-refractivity contribution is 5.75. The number of nitrogens with two attached hydrogens (primary N) is 1. The molecule has 1 amide bonds. The van der Waals surface area contributed by atoms with Crippen molar-refractivity contribution in [2.75, 3.05) is 19.7 Å². The van der Waals surface area contributed by atoms with Gasteiger partial charge in [0.15, 0.2) is 0 Å². The molecule has 0 unspecified atom stereocenters. The standard InChI is InChI=1S/C11H24N2O2/c1-10(2)15-9-5-8-13-11(14)6-3-4-7-12/h10H,3-9,12H2,1-2H3,(H,13,14). The third-order valence-electron chi connectivity index (χ3n) is 1.95. The van der Waals surface area contributed by atoms with Crippen molar-refractivity contribution < 1.29 is 9.53 Å². The lowest BCUT2D eigenvalue weighted by atomic mass is 10.2. The van der Waals surface area contributed by atoms with E-state index in [9.17, 15) is 4.79 Å². The lowest BCUT2D eigenvalue weighted by Crippen LogP contribution is -2.25. The van der Waals surface area contributed by atoms with Crippen LogP contribution in [0, 0.1) is 0 Å². The summed E-state index contributed by atoms with van der Waals surface area (Å²) in [6.07, 6.45) is 3.53. The normalized spacial score (nSPS) is 10.7. The van der Waals surface area contributed by atoms with Crippen LogP contribution in [0.2, 0.25) is 0 Å². The Balaban J connectivity index is 3.17. The molecule has 0 bridgehead atoms. The molecule has 0 aromatic carbocycles. The fourth-order valence-corrected chi connectivity index (χ4v) is 1.14. The monoisotopic (exact) mass is 216 g/mol. The van der Waals surface area contributed by atoms with E-state index >= 15 is 0 Å². The van der Waals surface area contributed by atoms with Crippen LogP contribution < -0.4 is 11.1 Å². The van der Waals surface area contributed by atoms with Crippen LogP contribution in [0.1, 0.15) is 39.5 Å². The number of unbranched alkanes of at least 4 members (excludes halogenated alkanes) is 1. The Kier molecular flexibility index (Phi) is 9.52. The number of nitrogens with one attached hydrogen (secondary N) is 1. The molecule has 0 aliphatic rings. The third-order valence-corrected chi connectivity index (χ3v) is 1.95. The molecule has 0 fully saturated rings. The van der Waals surface area contributed by atoms with Gasteiger partial charge in [0.2, 0.25) is 5.91 Å². The number of hydrogen-bond acceptors (Lipinski definition) is 3. The zero-order valence-electron chi connectivity index (χ0n) is 9.92. The van der Waals surface area contributed by atoms with Crippen molar-refractivity contribution in [3.05, 3.63) is 0 Å². The molecule has 0 aromatic rings. The Morgan fingerprint density at radius 3 is 2.67 bits per heavy atom. The molecule has 0 aromatic heterocycles. The zero-order chi connectivity index (χ0) is 11.5. The summed E-state index contributed by atoms with van der Waals surface area (Å²) in [6.45, 7) is 6.08. The van der Waals surface area contributed by atoms with Gasteiger partial charge in [-0.25, -0.2) is 0 Å². The fraction of sp³-hybridized carbons (Fsp3) is 0.909. The predicted molar refractivity (Wildman–Crippen MR) is 61.6 cm³/mol. The second-order valence-electron chi connectivity index (χ2n) is 3.87. The maximum absolute atomic E-state index is 11.2. The van der Waals surface area contributed by atoms with Gasteiger partial charge in [-0.15, -0.1) is 0 Å². The largest absolute Gasteiger partial charge is 0.379 e. The Bertz CT molecular complexity index is 161. The minimum atomic E-state index is 0.119. The van der Waals surface area contributed by atoms with Crippen molar-refractivity contribution in [3.8, 4) is 0 Å². The Hall–Kier alpha value is -0.610. The number of amides is 1. The second kappa shape index (κ2) is 9.93. The van der Waals surface area contributed by atoms with Crippen LogP contribution in [-0.4, -0.2) is 31.7 Å². The number of ether oxygens (including phenoxy) is 1. The van der Waals surface area contributed by atoms with Crippen LogP contribution in [0.3, 0.4) is 0 Å². The summed E-state index contributed by atoms with van der Waals surface area (Å²) in [7, 11) is 0. The van der Waals surface area contributed by atoms with Crippen molar-refractivity contribution >= 4 is 5.91 Å². The van der Waals surface area contributed by atoms with E-state index in [1.165, 1.54) is 0 Å². The van der Waals surface area contributed by atoms with Crippen LogP contribution in [0.4, 0.5) is 0 Å². The maximum atomic E-state index is 11.2. The van der Waals surface area contributed by atoms with E-state index in [4.69, 9.17) is 10.5 Å². The van der Waals surface area contributed by atoms with E-state index in [-0.39, 0.29) is 12.0 Å². The lowest BCUT2D eigenvalue weighted by molar-refractivity contribution is -0.121. The minimum Gasteiger partial charge on any atom is -0.379 e. The summed E-state index contributed by atoms with van der Waals surface area (Å²) in [5.41, 5.74) is 5.33. The van der Waals surface area contributed by atoms with E-state index in [1.54, 1.807) is 0 Å². The number of carbonyl (C=O) groups excluding carboxylic acids is 1. The molecule has 90 valence electrons. The van der Waals surface area contributed by atoms with Gasteiger partial charge in [-0.3, -0.25) is 4.79 Å². The molecule has 0 atom stereocenters. The van der Waals surface area contributed by atoms with Crippen molar-refractivity contribution in [1.29, 1.82) is 0 Å². The lowest BCUT2D eigenvalue weighted by Gasteiger charge is -2.08. The molecule has 0 radical (unpaired) electrons. The molecule has 0 aliphatic heterocycles. The van der Waals surface area contributed by atoms with E-state index in [1.807, 2.05) is 13.8 Å². The SMILES string of the molecule is CC(C)OCCCNC(=O)CCCCN. The van der Waals surface area contributed by atoms with Gasteiger partial charge in [-0.05, 0) is 39.7 Å². The van der Waals surface area contributed by atoms with Crippen molar-refractivity contribution in [2.45, 2.75) is 45.6 Å².